The quantitative estimate of drug-likeness (QED) is 0.875. The Morgan fingerprint density at radius 2 is 2.26 bits per heavy atom. The lowest BCUT2D eigenvalue weighted by atomic mass is 10.1. The highest BCUT2D eigenvalue weighted by Gasteiger charge is 2.40. The van der Waals surface area contributed by atoms with E-state index in [1.54, 1.807) is 16.2 Å². The van der Waals surface area contributed by atoms with Crippen molar-refractivity contribution in [2.75, 3.05) is 18.1 Å². The van der Waals surface area contributed by atoms with Gasteiger partial charge >= 0.3 is 0 Å². The molecule has 7 heteroatoms. The third-order valence-electron chi connectivity index (χ3n) is 3.66. The molecule has 1 aromatic rings. The standard InChI is InChI=1S/C12H16N2O3S2/c15-11-7-13-12(10-4-1-5-18-10)14(11)9-3-2-6-19(16,17)8-9/h1,4-5,9,12-13H,2-3,6-8H2. The number of rotatable bonds is 2. The molecule has 2 aliphatic heterocycles. The van der Waals surface area contributed by atoms with Gasteiger partial charge in [-0.25, -0.2) is 8.42 Å². The second kappa shape index (κ2) is 4.88. The summed E-state index contributed by atoms with van der Waals surface area (Å²) in [5.74, 6) is 0.353. The topological polar surface area (TPSA) is 66.5 Å². The van der Waals surface area contributed by atoms with Crippen LogP contribution in [0.4, 0.5) is 0 Å². The second-order valence-corrected chi connectivity index (χ2v) is 8.22. The lowest BCUT2D eigenvalue weighted by Crippen LogP contribution is -2.46. The molecule has 0 bridgehead atoms. The predicted molar refractivity (Wildman–Crippen MR) is 73.6 cm³/mol. The molecule has 0 aromatic carbocycles. The maximum atomic E-state index is 12.1. The lowest BCUT2D eigenvalue weighted by Gasteiger charge is -2.34. The summed E-state index contributed by atoms with van der Waals surface area (Å²) in [6.07, 6.45) is 1.26. The number of carbonyl (C=O) groups excluding carboxylic acids is 1. The molecular weight excluding hydrogens is 284 g/mol. The Hall–Kier alpha value is -0.920. The van der Waals surface area contributed by atoms with Crippen molar-refractivity contribution >= 4 is 27.1 Å². The van der Waals surface area contributed by atoms with E-state index in [0.717, 1.165) is 11.3 Å². The molecule has 2 unspecified atom stereocenters. The van der Waals surface area contributed by atoms with E-state index in [4.69, 9.17) is 0 Å². The van der Waals surface area contributed by atoms with E-state index in [1.165, 1.54) is 0 Å². The zero-order chi connectivity index (χ0) is 13.5. The fourth-order valence-electron chi connectivity index (χ4n) is 2.83. The minimum Gasteiger partial charge on any atom is -0.317 e. The van der Waals surface area contributed by atoms with Crippen molar-refractivity contribution < 1.29 is 13.2 Å². The van der Waals surface area contributed by atoms with Gasteiger partial charge in [-0.2, -0.15) is 0 Å². The van der Waals surface area contributed by atoms with Crippen LogP contribution in [-0.2, 0) is 14.6 Å². The van der Waals surface area contributed by atoms with Gasteiger partial charge in [-0.1, -0.05) is 6.07 Å². The average Bonchev–Trinajstić information content (AvgIpc) is 2.96. The highest BCUT2D eigenvalue weighted by molar-refractivity contribution is 7.91. The molecule has 1 amide bonds. The number of sulfone groups is 1. The lowest BCUT2D eigenvalue weighted by molar-refractivity contribution is -0.130. The number of nitrogens with zero attached hydrogens (tertiary/aromatic N) is 1. The molecule has 2 saturated heterocycles. The van der Waals surface area contributed by atoms with Gasteiger partial charge in [-0.3, -0.25) is 10.1 Å². The number of hydrogen-bond donors (Lipinski definition) is 1. The molecule has 0 saturated carbocycles. The molecule has 0 spiro atoms. The molecule has 0 aliphatic carbocycles. The van der Waals surface area contributed by atoms with Crippen LogP contribution >= 0.6 is 11.3 Å². The van der Waals surface area contributed by atoms with Crippen molar-refractivity contribution in [3.8, 4) is 0 Å². The number of thiophene rings is 1. The van der Waals surface area contributed by atoms with E-state index in [-0.39, 0.29) is 29.6 Å². The van der Waals surface area contributed by atoms with Crippen molar-refractivity contribution in [1.82, 2.24) is 10.2 Å². The summed E-state index contributed by atoms with van der Waals surface area (Å²) in [6.45, 7) is 0.291. The zero-order valence-corrected chi connectivity index (χ0v) is 12.0. The number of carbonyl (C=O) groups is 1. The SMILES string of the molecule is O=C1CNC(c2cccs2)N1C1CCCS(=O)(=O)C1. The highest BCUT2D eigenvalue weighted by atomic mass is 32.2. The summed E-state index contributed by atoms with van der Waals surface area (Å²) in [6, 6.07) is 3.74. The molecule has 2 fully saturated rings. The van der Waals surface area contributed by atoms with Gasteiger partial charge in [0.15, 0.2) is 9.84 Å². The molecule has 2 atom stereocenters. The van der Waals surface area contributed by atoms with Crippen molar-refractivity contribution in [3.63, 3.8) is 0 Å². The normalized spacial score (nSPS) is 30.7. The monoisotopic (exact) mass is 300 g/mol. The van der Waals surface area contributed by atoms with Crippen LogP contribution in [0, 0.1) is 0 Å². The maximum Gasteiger partial charge on any atom is 0.238 e. The predicted octanol–water partition coefficient (Wildman–Crippen LogP) is 0.756. The maximum absolute atomic E-state index is 12.1. The van der Waals surface area contributed by atoms with Crippen LogP contribution in [0.25, 0.3) is 0 Å². The molecule has 1 aromatic heterocycles. The Morgan fingerprint density at radius 1 is 1.42 bits per heavy atom. The van der Waals surface area contributed by atoms with Gasteiger partial charge in [0, 0.05) is 10.9 Å². The van der Waals surface area contributed by atoms with Crippen LogP contribution in [0.5, 0.6) is 0 Å². The van der Waals surface area contributed by atoms with E-state index in [1.807, 2.05) is 17.5 Å². The van der Waals surface area contributed by atoms with Crippen molar-refractivity contribution in [2.24, 2.45) is 0 Å². The Morgan fingerprint density at radius 3 is 2.95 bits per heavy atom. The summed E-state index contributed by atoms with van der Waals surface area (Å²) in [4.78, 5) is 14.9. The summed E-state index contributed by atoms with van der Waals surface area (Å²) in [7, 11) is -3.00. The van der Waals surface area contributed by atoms with Crippen LogP contribution in [0.15, 0.2) is 17.5 Å². The Labute approximate surface area is 116 Å². The van der Waals surface area contributed by atoms with Crippen molar-refractivity contribution in [3.05, 3.63) is 22.4 Å². The minimum absolute atomic E-state index is 0.000463. The molecule has 19 heavy (non-hydrogen) atoms. The number of nitrogens with one attached hydrogen (secondary N) is 1. The highest BCUT2D eigenvalue weighted by Crippen LogP contribution is 2.31. The molecule has 104 valence electrons. The Kier molecular flexibility index (Phi) is 3.36. The Bertz CT molecular complexity index is 568. The van der Waals surface area contributed by atoms with Gasteiger partial charge in [0.1, 0.15) is 6.17 Å². The summed E-state index contributed by atoms with van der Waals surface area (Å²) in [5, 5.41) is 5.14. The molecule has 3 heterocycles. The fourth-order valence-corrected chi connectivity index (χ4v) is 5.32. The minimum atomic E-state index is -3.00. The Balaban J connectivity index is 1.86. The van der Waals surface area contributed by atoms with Crippen LogP contribution in [0.3, 0.4) is 0 Å². The molecule has 2 aliphatic rings. The largest absolute Gasteiger partial charge is 0.317 e. The molecular formula is C12H16N2O3S2. The van der Waals surface area contributed by atoms with Gasteiger partial charge in [0.05, 0.1) is 18.1 Å². The van der Waals surface area contributed by atoms with Crippen LogP contribution < -0.4 is 5.32 Å². The van der Waals surface area contributed by atoms with E-state index < -0.39 is 9.84 Å². The third kappa shape index (κ3) is 2.54. The van der Waals surface area contributed by atoms with Gasteiger partial charge < -0.3 is 4.90 Å². The van der Waals surface area contributed by atoms with Crippen LogP contribution in [-0.4, -0.2) is 43.3 Å². The first-order chi connectivity index (χ1) is 9.07. The summed E-state index contributed by atoms with van der Waals surface area (Å²) >= 11 is 1.58. The van der Waals surface area contributed by atoms with Crippen LogP contribution in [0.2, 0.25) is 0 Å². The van der Waals surface area contributed by atoms with Gasteiger partial charge in [-0.05, 0) is 24.3 Å². The van der Waals surface area contributed by atoms with E-state index >= 15 is 0 Å². The molecule has 3 rings (SSSR count). The van der Waals surface area contributed by atoms with Crippen LogP contribution in [0.1, 0.15) is 23.9 Å². The fraction of sp³-hybridized carbons (Fsp3) is 0.583. The van der Waals surface area contributed by atoms with Gasteiger partial charge in [-0.15, -0.1) is 11.3 Å². The second-order valence-electron chi connectivity index (χ2n) is 5.01. The first-order valence-electron chi connectivity index (χ1n) is 6.35. The molecule has 0 radical (unpaired) electrons. The van der Waals surface area contributed by atoms with E-state index in [2.05, 4.69) is 5.32 Å². The average molecular weight is 300 g/mol. The van der Waals surface area contributed by atoms with Gasteiger partial charge in [0.25, 0.3) is 0 Å². The number of hydrogen-bond acceptors (Lipinski definition) is 5. The first kappa shape index (κ1) is 13.1. The summed E-state index contributed by atoms with van der Waals surface area (Å²) < 4.78 is 23.5. The smallest absolute Gasteiger partial charge is 0.238 e. The zero-order valence-electron chi connectivity index (χ0n) is 10.4. The van der Waals surface area contributed by atoms with Gasteiger partial charge in [0.2, 0.25) is 5.91 Å². The summed E-state index contributed by atoms with van der Waals surface area (Å²) in [5.41, 5.74) is 0. The molecule has 1 N–H and O–H groups in total. The van der Waals surface area contributed by atoms with E-state index in [9.17, 15) is 13.2 Å². The number of amides is 1. The van der Waals surface area contributed by atoms with E-state index in [0.29, 0.717) is 13.0 Å². The first-order valence-corrected chi connectivity index (χ1v) is 9.05. The third-order valence-corrected chi connectivity index (χ3v) is 6.39. The van der Waals surface area contributed by atoms with Crippen molar-refractivity contribution in [1.29, 1.82) is 0 Å². The van der Waals surface area contributed by atoms with Crippen molar-refractivity contribution in [2.45, 2.75) is 25.0 Å². The molecule has 5 nitrogen and oxygen atoms in total.